The van der Waals surface area contributed by atoms with Gasteiger partial charge in [0.15, 0.2) is 17.3 Å². The van der Waals surface area contributed by atoms with Crippen LogP contribution >= 0.6 is 11.3 Å². The van der Waals surface area contributed by atoms with Crippen molar-refractivity contribution in [2.75, 3.05) is 13.9 Å². The van der Waals surface area contributed by atoms with Crippen molar-refractivity contribution < 1.29 is 28.2 Å². The molecular weight excluding hydrogens is 368 g/mol. The van der Waals surface area contributed by atoms with E-state index in [0.29, 0.717) is 39.0 Å². The fraction of sp³-hybridized carbons (Fsp3) is 0.100. The summed E-state index contributed by atoms with van der Waals surface area (Å²) in [4.78, 5) is 24.6. The fourth-order valence-electron chi connectivity index (χ4n) is 2.65. The number of furan rings is 1. The second-order valence-electron chi connectivity index (χ2n) is 5.62. The molecule has 3 aromatic rings. The Morgan fingerprint density at radius 2 is 1.96 bits per heavy atom. The summed E-state index contributed by atoms with van der Waals surface area (Å²) in [5.74, 6) is 1.63. The molecule has 0 fully saturated rings. The van der Waals surface area contributed by atoms with Crippen LogP contribution in [0.5, 0.6) is 11.5 Å². The maximum atomic E-state index is 12.4. The van der Waals surface area contributed by atoms with Crippen LogP contribution in [0.1, 0.15) is 25.8 Å². The van der Waals surface area contributed by atoms with Crippen molar-refractivity contribution in [1.82, 2.24) is 0 Å². The summed E-state index contributed by atoms with van der Waals surface area (Å²) < 4.78 is 21.0. The molecule has 0 aliphatic carbocycles. The van der Waals surface area contributed by atoms with Crippen LogP contribution in [-0.4, -0.2) is 25.7 Å². The molecule has 2 aromatic heterocycles. The van der Waals surface area contributed by atoms with Gasteiger partial charge < -0.3 is 18.6 Å². The topological polar surface area (TPSA) is 75.0 Å². The van der Waals surface area contributed by atoms with Crippen molar-refractivity contribution >= 4 is 29.2 Å². The van der Waals surface area contributed by atoms with Gasteiger partial charge in [-0.15, -0.1) is 11.3 Å². The van der Waals surface area contributed by atoms with Crippen molar-refractivity contribution in [3.8, 4) is 22.8 Å². The van der Waals surface area contributed by atoms with Gasteiger partial charge in [0.05, 0.1) is 7.11 Å². The monoisotopic (exact) mass is 382 g/mol. The Balaban J connectivity index is 1.52. The van der Waals surface area contributed by atoms with Crippen LogP contribution in [0.2, 0.25) is 0 Å². The van der Waals surface area contributed by atoms with Crippen LogP contribution < -0.4 is 9.47 Å². The molecule has 1 aromatic carbocycles. The zero-order chi connectivity index (χ0) is 18.8. The molecule has 7 heteroatoms. The van der Waals surface area contributed by atoms with Gasteiger partial charge in [-0.25, -0.2) is 4.79 Å². The first-order valence-corrected chi connectivity index (χ1v) is 8.92. The lowest BCUT2D eigenvalue weighted by molar-refractivity contribution is 0.0606. The predicted octanol–water partition coefficient (Wildman–Crippen LogP) is 4.42. The van der Waals surface area contributed by atoms with E-state index in [2.05, 4.69) is 0 Å². The van der Waals surface area contributed by atoms with Crippen molar-refractivity contribution in [2.45, 2.75) is 0 Å². The third-order valence-electron chi connectivity index (χ3n) is 3.98. The third-order valence-corrected chi connectivity index (χ3v) is 4.88. The first-order valence-electron chi connectivity index (χ1n) is 8.04. The van der Waals surface area contributed by atoms with E-state index >= 15 is 0 Å². The molecule has 3 heterocycles. The molecular formula is C20H14O6S. The molecule has 0 amide bonds. The highest BCUT2D eigenvalue weighted by Gasteiger charge is 2.18. The number of hydrogen-bond acceptors (Lipinski definition) is 7. The number of ether oxygens (including phenoxy) is 3. The van der Waals surface area contributed by atoms with E-state index in [4.69, 9.17) is 18.6 Å². The number of fused-ring (bicyclic) bond motifs is 1. The summed E-state index contributed by atoms with van der Waals surface area (Å²) in [7, 11) is 1.34. The summed E-state index contributed by atoms with van der Waals surface area (Å²) in [6.07, 6.45) is 3.01. The number of allylic oxidation sites excluding steroid dienone is 1. The number of carbonyl (C=O) groups is 2. The number of hydrogen-bond donors (Lipinski definition) is 0. The Labute approximate surface area is 158 Å². The normalized spacial score (nSPS) is 12.5. The van der Waals surface area contributed by atoms with E-state index in [1.807, 2.05) is 0 Å². The van der Waals surface area contributed by atoms with E-state index < -0.39 is 5.97 Å². The molecule has 0 spiro atoms. The molecule has 1 aliphatic heterocycles. The van der Waals surface area contributed by atoms with Gasteiger partial charge >= 0.3 is 5.97 Å². The summed E-state index contributed by atoms with van der Waals surface area (Å²) in [6, 6.07) is 10.3. The quantitative estimate of drug-likeness (QED) is 0.369. The van der Waals surface area contributed by atoms with Gasteiger partial charge in [-0.05, 0) is 53.9 Å². The van der Waals surface area contributed by atoms with Crippen molar-refractivity contribution in [2.24, 2.45) is 0 Å². The van der Waals surface area contributed by atoms with Crippen LogP contribution in [0.3, 0.4) is 0 Å². The van der Waals surface area contributed by atoms with E-state index in [0.717, 1.165) is 0 Å². The minimum Gasteiger partial charge on any atom is -0.465 e. The summed E-state index contributed by atoms with van der Waals surface area (Å²) >= 11 is 1.28. The number of rotatable bonds is 5. The molecule has 0 bridgehead atoms. The van der Waals surface area contributed by atoms with Gasteiger partial charge in [-0.1, -0.05) is 0 Å². The van der Waals surface area contributed by atoms with E-state index in [9.17, 15) is 9.59 Å². The average molecular weight is 382 g/mol. The first kappa shape index (κ1) is 17.1. The average Bonchev–Trinajstić information content (AvgIpc) is 3.44. The SMILES string of the molecule is COC(=O)c1sccc1-c1ccc(/C=C/C(=O)c2ccc3c(c2)OCO3)o1. The molecule has 0 radical (unpaired) electrons. The zero-order valence-electron chi connectivity index (χ0n) is 14.3. The number of thiophene rings is 1. The lowest BCUT2D eigenvalue weighted by Gasteiger charge is -1.99. The van der Waals surface area contributed by atoms with Crippen LogP contribution in [0.15, 0.2) is 52.3 Å². The summed E-state index contributed by atoms with van der Waals surface area (Å²) in [5, 5.41) is 1.79. The maximum Gasteiger partial charge on any atom is 0.348 e. The van der Waals surface area contributed by atoms with Crippen LogP contribution in [0.25, 0.3) is 17.4 Å². The van der Waals surface area contributed by atoms with Crippen LogP contribution in [-0.2, 0) is 4.74 Å². The molecule has 0 N–H and O–H groups in total. The van der Waals surface area contributed by atoms with E-state index in [1.165, 1.54) is 24.5 Å². The van der Waals surface area contributed by atoms with Crippen LogP contribution in [0.4, 0.5) is 0 Å². The minimum absolute atomic E-state index is 0.161. The van der Waals surface area contributed by atoms with Crippen molar-refractivity contribution in [3.63, 3.8) is 0 Å². The summed E-state index contributed by atoms with van der Waals surface area (Å²) in [5.41, 5.74) is 1.15. The first-order chi connectivity index (χ1) is 13.2. The Morgan fingerprint density at radius 1 is 1.11 bits per heavy atom. The standard InChI is InChI=1S/C20H14O6S/c1-23-20(22)19-14(8-9-27-19)16-7-4-13(26-16)3-5-15(21)12-2-6-17-18(10-12)25-11-24-17/h2-10H,11H2,1H3/b5-3+. The molecule has 0 saturated carbocycles. The van der Waals surface area contributed by atoms with Gasteiger partial charge in [0.2, 0.25) is 6.79 Å². The second kappa shape index (κ2) is 7.13. The molecule has 1 aliphatic rings. The van der Waals surface area contributed by atoms with Gasteiger partial charge in [0.25, 0.3) is 0 Å². The highest BCUT2D eigenvalue weighted by Crippen LogP contribution is 2.33. The van der Waals surface area contributed by atoms with Gasteiger partial charge in [-0.2, -0.15) is 0 Å². The van der Waals surface area contributed by atoms with Crippen LogP contribution in [0, 0.1) is 0 Å². The molecule has 27 heavy (non-hydrogen) atoms. The Morgan fingerprint density at radius 3 is 2.81 bits per heavy atom. The summed E-state index contributed by atoms with van der Waals surface area (Å²) in [6.45, 7) is 0.161. The Hall–Kier alpha value is -3.32. The zero-order valence-corrected chi connectivity index (χ0v) is 15.1. The van der Waals surface area contributed by atoms with E-state index in [-0.39, 0.29) is 12.6 Å². The van der Waals surface area contributed by atoms with Gasteiger partial charge in [0, 0.05) is 11.1 Å². The molecule has 0 saturated heterocycles. The highest BCUT2D eigenvalue weighted by molar-refractivity contribution is 7.12. The smallest absolute Gasteiger partial charge is 0.348 e. The van der Waals surface area contributed by atoms with Gasteiger partial charge in [0.1, 0.15) is 16.4 Å². The number of benzene rings is 1. The van der Waals surface area contributed by atoms with E-state index in [1.54, 1.807) is 47.9 Å². The predicted molar refractivity (Wildman–Crippen MR) is 99.3 cm³/mol. The highest BCUT2D eigenvalue weighted by atomic mass is 32.1. The fourth-order valence-corrected chi connectivity index (χ4v) is 3.46. The largest absolute Gasteiger partial charge is 0.465 e. The van der Waals surface area contributed by atoms with Crippen molar-refractivity contribution in [1.29, 1.82) is 0 Å². The number of methoxy groups -OCH3 is 1. The third kappa shape index (κ3) is 3.37. The molecule has 0 unspecified atom stereocenters. The van der Waals surface area contributed by atoms with Gasteiger partial charge in [-0.3, -0.25) is 4.79 Å². The molecule has 136 valence electrons. The number of esters is 1. The second-order valence-corrected chi connectivity index (χ2v) is 6.54. The minimum atomic E-state index is -0.411. The Bertz CT molecular complexity index is 1040. The molecule has 6 nitrogen and oxygen atoms in total. The number of carbonyl (C=O) groups excluding carboxylic acids is 2. The molecule has 4 rings (SSSR count). The Kier molecular flexibility index (Phi) is 4.52. The maximum absolute atomic E-state index is 12.4. The van der Waals surface area contributed by atoms with Crippen molar-refractivity contribution in [3.05, 3.63) is 64.1 Å². The lowest BCUT2D eigenvalue weighted by Crippen LogP contribution is -1.99. The molecule has 0 atom stereocenters. The number of ketones is 1. The lowest BCUT2D eigenvalue weighted by atomic mass is 10.1.